The molecule has 0 radical (unpaired) electrons. The van der Waals surface area contributed by atoms with E-state index in [0.29, 0.717) is 12.6 Å². The van der Waals surface area contributed by atoms with Gasteiger partial charge in [0.25, 0.3) is 0 Å². The van der Waals surface area contributed by atoms with E-state index >= 15 is 0 Å². The number of hydrogen-bond acceptors (Lipinski definition) is 3. The van der Waals surface area contributed by atoms with E-state index in [2.05, 4.69) is 15.5 Å². The molecule has 0 aromatic heterocycles. The maximum Gasteiger partial charge on any atom is 0.315 e. The van der Waals surface area contributed by atoms with Gasteiger partial charge in [-0.05, 0) is 24.5 Å². The maximum absolute atomic E-state index is 12.3. The number of amides is 2. The number of benzene rings is 1. The molecule has 2 fully saturated rings. The number of halogens is 1. The highest BCUT2D eigenvalue weighted by atomic mass is 35.5. The molecule has 1 aromatic rings. The molecule has 1 aromatic carbocycles. The molecule has 138 valence electrons. The van der Waals surface area contributed by atoms with Crippen LogP contribution in [-0.4, -0.2) is 49.8 Å². The second-order valence-corrected chi connectivity index (χ2v) is 7.28. The van der Waals surface area contributed by atoms with Gasteiger partial charge in [0.05, 0.1) is 19.3 Å². The van der Waals surface area contributed by atoms with Crippen LogP contribution in [0.5, 0.6) is 0 Å². The minimum absolute atomic E-state index is 0.0645. The zero-order valence-electron chi connectivity index (χ0n) is 14.7. The van der Waals surface area contributed by atoms with E-state index in [9.17, 15) is 4.79 Å². The van der Waals surface area contributed by atoms with Gasteiger partial charge in [-0.1, -0.05) is 49.1 Å². The molecule has 2 N–H and O–H groups in total. The molecule has 1 unspecified atom stereocenters. The van der Waals surface area contributed by atoms with Crippen molar-refractivity contribution < 1.29 is 9.53 Å². The van der Waals surface area contributed by atoms with Crippen LogP contribution in [0, 0.1) is 0 Å². The van der Waals surface area contributed by atoms with Crippen molar-refractivity contribution in [3.05, 3.63) is 34.9 Å². The normalized spacial score (nSPS) is 20.8. The van der Waals surface area contributed by atoms with Gasteiger partial charge in [-0.2, -0.15) is 0 Å². The Kier molecular flexibility index (Phi) is 6.96. The first kappa shape index (κ1) is 18.5. The third kappa shape index (κ3) is 5.33. The fraction of sp³-hybridized carbons (Fsp3) is 0.632. The number of urea groups is 1. The van der Waals surface area contributed by atoms with E-state index in [4.69, 9.17) is 16.3 Å². The third-order valence-electron chi connectivity index (χ3n) is 5.15. The Hall–Kier alpha value is -1.30. The van der Waals surface area contributed by atoms with Gasteiger partial charge in [0.1, 0.15) is 0 Å². The second-order valence-electron chi connectivity index (χ2n) is 6.87. The summed E-state index contributed by atoms with van der Waals surface area (Å²) in [5.41, 5.74) is 1.06. The van der Waals surface area contributed by atoms with Crippen LogP contribution in [0.1, 0.15) is 43.7 Å². The van der Waals surface area contributed by atoms with Crippen LogP contribution in [-0.2, 0) is 4.74 Å². The second kappa shape index (κ2) is 9.41. The molecule has 1 aliphatic heterocycles. The fourth-order valence-electron chi connectivity index (χ4n) is 3.74. The Morgan fingerprint density at radius 2 is 1.92 bits per heavy atom. The number of nitrogens with one attached hydrogen (secondary N) is 2. The minimum Gasteiger partial charge on any atom is -0.379 e. The molecular formula is C19H28ClN3O2. The van der Waals surface area contributed by atoms with Gasteiger partial charge in [0.15, 0.2) is 0 Å². The lowest BCUT2D eigenvalue weighted by Crippen LogP contribution is -2.48. The Morgan fingerprint density at radius 3 is 2.64 bits per heavy atom. The van der Waals surface area contributed by atoms with Crippen molar-refractivity contribution in [3.63, 3.8) is 0 Å². The van der Waals surface area contributed by atoms with Crippen LogP contribution in [0.15, 0.2) is 24.3 Å². The van der Waals surface area contributed by atoms with E-state index in [-0.39, 0.29) is 12.1 Å². The van der Waals surface area contributed by atoms with Crippen molar-refractivity contribution in [1.82, 2.24) is 15.5 Å². The van der Waals surface area contributed by atoms with Crippen LogP contribution >= 0.6 is 11.6 Å². The summed E-state index contributed by atoms with van der Waals surface area (Å²) in [6.45, 7) is 3.68. The highest BCUT2D eigenvalue weighted by Gasteiger charge is 2.25. The van der Waals surface area contributed by atoms with Crippen molar-refractivity contribution >= 4 is 17.6 Å². The average molecular weight is 366 g/mol. The molecule has 1 aliphatic carbocycles. The number of rotatable bonds is 5. The maximum atomic E-state index is 12.3. The molecule has 1 saturated carbocycles. The van der Waals surface area contributed by atoms with Crippen LogP contribution < -0.4 is 10.6 Å². The van der Waals surface area contributed by atoms with Gasteiger partial charge in [0.2, 0.25) is 0 Å². The van der Waals surface area contributed by atoms with Crippen molar-refractivity contribution in [2.45, 2.75) is 44.2 Å². The van der Waals surface area contributed by atoms with Crippen molar-refractivity contribution in [1.29, 1.82) is 0 Å². The van der Waals surface area contributed by atoms with Crippen LogP contribution in [0.4, 0.5) is 4.79 Å². The van der Waals surface area contributed by atoms with Gasteiger partial charge in [0, 0.05) is 30.7 Å². The van der Waals surface area contributed by atoms with E-state index in [1.807, 2.05) is 24.3 Å². The number of ether oxygens (including phenoxy) is 1. The highest BCUT2D eigenvalue weighted by molar-refractivity contribution is 6.31. The first-order valence-corrected chi connectivity index (χ1v) is 9.72. The highest BCUT2D eigenvalue weighted by Crippen LogP contribution is 2.27. The summed E-state index contributed by atoms with van der Waals surface area (Å²) in [7, 11) is 0. The number of carbonyl (C=O) groups is 1. The molecule has 1 atom stereocenters. The third-order valence-corrected chi connectivity index (χ3v) is 5.49. The summed E-state index contributed by atoms with van der Waals surface area (Å²) in [5, 5.41) is 6.92. The summed E-state index contributed by atoms with van der Waals surface area (Å²) in [4.78, 5) is 14.7. The molecule has 0 spiro atoms. The van der Waals surface area contributed by atoms with Gasteiger partial charge in [-0.3, -0.25) is 4.90 Å². The summed E-state index contributed by atoms with van der Waals surface area (Å²) < 4.78 is 5.47. The number of carbonyl (C=O) groups excluding carboxylic acids is 1. The van der Waals surface area contributed by atoms with Crippen LogP contribution in [0.25, 0.3) is 0 Å². The van der Waals surface area contributed by atoms with E-state index in [1.54, 1.807) is 0 Å². The number of hydrogen-bond donors (Lipinski definition) is 2. The van der Waals surface area contributed by atoms with E-state index in [0.717, 1.165) is 49.7 Å². The largest absolute Gasteiger partial charge is 0.379 e. The van der Waals surface area contributed by atoms with E-state index < -0.39 is 0 Å². The lowest BCUT2D eigenvalue weighted by Gasteiger charge is -2.35. The lowest BCUT2D eigenvalue weighted by molar-refractivity contribution is 0.0167. The van der Waals surface area contributed by atoms with Crippen molar-refractivity contribution in [2.75, 3.05) is 32.8 Å². The van der Waals surface area contributed by atoms with Gasteiger partial charge in [-0.15, -0.1) is 0 Å². The smallest absolute Gasteiger partial charge is 0.315 e. The zero-order valence-corrected chi connectivity index (χ0v) is 15.4. The molecule has 25 heavy (non-hydrogen) atoms. The Labute approximate surface area is 155 Å². The molecule has 1 saturated heterocycles. The van der Waals surface area contributed by atoms with Gasteiger partial charge in [-0.25, -0.2) is 4.79 Å². The average Bonchev–Trinajstić information content (AvgIpc) is 2.65. The quantitative estimate of drug-likeness (QED) is 0.841. The Bertz CT molecular complexity index is 557. The summed E-state index contributed by atoms with van der Waals surface area (Å²) in [6, 6.07) is 8.19. The topological polar surface area (TPSA) is 53.6 Å². The molecule has 2 aliphatic rings. The zero-order chi connectivity index (χ0) is 17.5. The summed E-state index contributed by atoms with van der Waals surface area (Å²) in [5.74, 6) is 0. The SMILES string of the molecule is O=C(NCC(c1ccccc1Cl)N1CCOCC1)NC1CCCCC1. The molecule has 1 heterocycles. The molecular weight excluding hydrogens is 338 g/mol. The Morgan fingerprint density at radius 1 is 1.20 bits per heavy atom. The summed E-state index contributed by atoms with van der Waals surface area (Å²) >= 11 is 6.42. The Balaban J connectivity index is 1.61. The van der Waals surface area contributed by atoms with Crippen LogP contribution in [0.2, 0.25) is 5.02 Å². The number of nitrogens with zero attached hydrogens (tertiary/aromatic N) is 1. The molecule has 6 heteroatoms. The first-order chi connectivity index (χ1) is 12.2. The first-order valence-electron chi connectivity index (χ1n) is 9.34. The minimum atomic E-state index is -0.0720. The molecule has 5 nitrogen and oxygen atoms in total. The van der Waals surface area contributed by atoms with Gasteiger partial charge >= 0.3 is 6.03 Å². The van der Waals surface area contributed by atoms with Crippen molar-refractivity contribution in [3.8, 4) is 0 Å². The van der Waals surface area contributed by atoms with E-state index in [1.165, 1.54) is 19.3 Å². The molecule has 3 rings (SSSR count). The standard InChI is InChI=1S/C19H28ClN3O2/c20-17-9-5-4-8-16(17)18(23-10-12-25-13-11-23)14-21-19(24)22-15-6-2-1-3-7-15/h4-5,8-9,15,18H,1-3,6-7,10-14H2,(H2,21,22,24). The predicted molar refractivity (Wildman–Crippen MR) is 100.0 cm³/mol. The predicted octanol–water partition coefficient (Wildman–Crippen LogP) is 3.35. The molecule has 2 amide bonds. The monoisotopic (exact) mass is 365 g/mol. The molecule has 0 bridgehead atoms. The number of morpholine rings is 1. The summed E-state index contributed by atoms with van der Waals surface area (Å²) in [6.07, 6.45) is 5.88. The fourth-order valence-corrected chi connectivity index (χ4v) is 4.00. The van der Waals surface area contributed by atoms with Gasteiger partial charge < -0.3 is 15.4 Å². The lowest BCUT2D eigenvalue weighted by atomic mass is 9.96. The van der Waals surface area contributed by atoms with Crippen molar-refractivity contribution in [2.24, 2.45) is 0 Å². The van der Waals surface area contributed by atoms with Crippen LogP contribution in [0.3, 0.4) is 0 Å².